The van der Waals surface area contributed by atoms with Gasteiger partial charge in [-0.3, -0.25) is 4.79 Å². The molecule has 0 radical (unpaired) electrons. The van der Waals surface area contributed by atoms with Gasteiger partial charge in [-0.15, -0.1) is 0 Å². The monoisotopic (exact) mass is 276 g/mol. The van der Waals surface area contributed by atoms with Gasteiger partial charge in [0.15, 0.2) is 0 Å². The van der Waals surface area contributed by atoms with E-state index in [1.54, 1.807) is 18.2 Å². The molecule has 1 aromatic rings. The van der Waals surface area contributed by atoms with Crippen molar-refractivity contribution < 1.29 is 9.90 Å². The highest BCUT2D eigenvalue weighted by Gasteiger charge is 2.35. The summed E-state index contributed by atoms with van der Waals surface area (Å²) in [7, 11) is 0. The number of nitrogens with one attached hydrogen (secondary N) is 1. The summed E-state index contributed by atoms with van der Waals surface area (Å²) in [6, 6.07) is 5.27. The van der Waals surface area contributed by atoms with Crippen molar-refractivity contribution in [1.82, 2.24) is 5.32 Å². The maximum atomic E-state index is 12.4. The molecule has 0 unspecified atom stereocenters. The first-order valence-corrected chi connectivity index (χ1v) is 7.25. The average molecular weight is 276 g/mol. The maximum absolute atomic E-state index is 12.4. The Hall–Kier alpha value is -1.55. The zero-order valence-corrected chi connectivity index (χ0v) is 12.3. The molecule has 1 aliphatic rings. The molecule has 1 amide bonds. The molecule has 0 bridgehead atoms. The van der Waals surface area contributed by atoms with E-state index in [2.05, 4.69) is 12.2 Å². The Morgan fingerprint density at radius 2 is 2.10 bits per heavy atom. The number of hydrogen-bond donors (Lipinski definition) is 3. The molecule has 1 saturated carbocycles. The summed E-state index contributed by atoms with van der Waals surface area (Å²) < 4.78 is 0. The molecule has 0 aliphatic heterocycles. The fourth-order valence-electron chi connectivity index (χ4n) is 2.89. The van der Waals surface area contributed by atoms with E-state index in [-0.39, 0.29) is 12.5 Å². The van der Waals surface area contributed by atoms with Gasteiger partial charge in [0.1, 0.15) is 0 Å². The van der Waals surface area contributed by atoms with Crippen LogP contribution in [0.2, 0.25) is 0 Å². The molecule has 0 heterocycles. The van der Waals surface area contributed by atoms with Crippen LogP contribution >= 0.6 is 0 Å². The second-order valence-electron chi connectivity index (χ2n) is 6.15. The summed E-state index contributed by atoms with van der Waals surface area (Å²) >= 11 is 0. The first kappa shape index (κ1) is 14.9. The molecule has 110 valence electrons. The largest absolute Gasteiger partial charge is 0.399 e. The highest BCUT2D eigenvalue weighted by atomic mass is 16.3. The number of carbonyl (C=O) groups is 1. The minimum Gasteiger partial charge on any atom is -0.399 e. The van der Waals surface area contributed by atoms with Gasteiger partial charge in [0.05, 0.1) is 12.1 Å². The molecule has 0 spiro atoms. The predicted molar refractivity (Wildman–Crippen MR) is 80.5 cm³/mol. The lowest BCUT2D eigenvalue weighted by molar-refractivity contribution is 0.0716. The van der Waals surface area contributed by atoms with Crippen molar-refractivity contribution in [2.45, 2.75) is 45.1 Å². The normalized spacial score (nSPS) is 26.2. The Bertz CT molecular complexity index is 491. The third kappa shape index (κ3) is 3.12. The van der Waals surface area contributed by atoms with E-state index >= 15 is 0 Å². The van der Waals surface area contributed by atoms with Crippen LogP contribution in [-0.4, -0.2) is 23.2 Å². The lowest BCUT2D eigenvalue weighted by atomic mass is 9.77. The van der Waals surface area contributed by atoms with Crippen LogP contribution in [0.5, 0.6) is 0 Å². The molecule has 0 atom stereocenters. The van der Waals surface area contributed by atoms with Crippen LogP contribution in [0.1, 0.15) is 48.5 Å². The number of anilines is 1. The highest BCUT2D eigenvalue weighted by molar-refractivity contribution is 5.96. The van der Waals surface area contributed by atoms with Crippen molar-refractivity contribution in [2.24, 2.45) is 5.92 Å². The molecular weight excluding hydrogens is 252 g/mol. The van der Waals surface area contributed by atoms with E-state index in [0.717, 1.165) is 31.2 Å². The number of nitrogens with two attached hydrogens (primary N) is 1. The smallest absolute Gasteiger partial charge is 0.252 e. The van der Waals surface area contributed by atoms with Gasteiger partial charge in [-0.1, -0.05) is 6.92 Å². The van der Waals surface area contributed by atoms with Crippen molar-refractivity contribution in [2.75, 3.05) is 12.3 Å². The SMILES string of the molecule is Cc1cc(N)ccc1C(=O)NC1(CO)CCC(C)CC1. The Labute approximate surface area is 120 Å². The van der Waals surface area contributed by atoms with Crippen LogP contribution in [0.15, 0.2) is 18.2 Å². The standard InChI is InChI=1S/C16H24N2O2/c1-11-5-7-16(10-19,8-6-11)18-15(20)14-4-3-13(17)9-12(14)2/h3-4,9,11,19H,5-8,10,17H2,1-2H3,(H,18,20). The zero-order chi connectivity index (χ0) is 14.8. The number of carbonyl (C=O) groups excluding carboxylic acids is 1. The third-order valence-electron chi connectivity index (χ3n) is 4.41. The lowest BCUT2D eigenvalue weighted by Gasteiger charge is -2.38. The first-order chi connectivity index (χ1) is 9.46. The van der Waals surface area contributed by atoms with Crippen molar-refractivity contribution in [3.8, 4) is 0 Å². The van der Waals surface area contributed by atoms with E-state index in [0.29, 0.717) is 17.2 Å². The molecule has 1 aromatic carbocycles. The molecular formula is C16H24N2O2. The van der Waals surface area contributed by atoms with Crippen molar-refractivity contribution >= 4 is 11.6 Å². The summed E-state index contributed by atoms with van der Waals surface area (Å²) in [6.45, 7) is 4.09. The summed E-state index contributed by atoms with van der Waals surface area (Å²) in [5.41, 5.74) is 7.39. The van der Waals surface area contributed by atoms with Crippen LogP contribution in [0.3, 0.4) is 0 Å². The average Bonchev–Trinajstić information content (AvgIpc) is 2.41. The molecule has 2 rings (SSSR count). The van der Waals surface area contributed by atoms with Gasteiger partial charge in [0, 0.05) is 11.3 Å². The molecule has 0 aromatic heterocycles. The van der Waals surface area contributed by atoms with Crippen LogP contribution in [0.4, 0.5) is 5.69 Å². The second-order valence-corrected chi connectivity index (χ2v) is 6.15. The van der Waals surface area contributed by atoms with E-state index in [9.17, 15) is 9.90 Å². The van der Waals surface area contributed by atoms with Gasteiger partial charge in [-0.2, -0.15) is 0 Å². The molecule has 4 nitrogen and oxygen atoms in total. The maximum Gasteiger partial charge on any atom is 0.252 e. The number of aryl methyl sites for hydroxylation is 1. The van der Waals surface area contributed by atoms with Crippen LogP contribution in [-0.2, 0) is 0 Å². The Morgan fingerprint density at radius 3 is 2.65 bits per heavy atom. The van der Waals surface area contributed by atoms with Gasteiger partial charge in [-0.05, 0) is 62.3 Å². The molecule has 1 fully saturated rings. The van der Waals surface area contributed by atoms with Gasteiger partial charge in [-0.25, -0.2) is 0 Å². The molecule has 4 heteroatoms. The number of aliphatic hydroxyl groups excluding tert-OH is 1. The van der Waals surface area contributed by atoms with E-state index in [1.807, 2.05) is 6.92 Å². The van der Waals surface area contributed by atoms with Crippen molar-refractivity contribution in [1.29, 1.82) is 0 Å². The Kier molecular flexibility index (Phi) is 4.33. The van der Waals surface area contributed by atoms with Crippen LogP contribution in [0.25, 0.3) is 0 Å². The number of amides is 1. The molecule has 4 N–H and O–H groups in total. The minimum atomic E-state index is -0.461. The van der Waals surface area contributed by atoms with Gasteiger partial charge in [0.2, 0.25) is 0 Å². The molecule has 20 heavy (non-hydrogen) atoms. The highest BCUT2D eigenvalue weighted by Crippen LogP contribution is 2.32. The third-order valence-corrected chi connectivity index (χ3v) is 4.41. The lowest BCUT2D eigenvalue weighted by Crippen LogP contribution is -2.53. The van der Waals surface area contributed by atoms with E-state index < -0.39 is 5.54 Å². The van der Waals surface area contributed by atoms with E-state index in [4.69, 9.17) is 5.73 Å². The number of nitrogen functional groups attached to an aromatic ring is 1. The van der Waals surface area contributed by atoms with Gasteiger partial charge >= 0.3 is 0 Å². The van der Waals surface area contributed by atoms with Gasteiger partial charge < -0.3 is 16.2 Å². The van der Waals surface area contributed by atoms with Crippen molar-refractivity contribution in [3.63, 3.8) is 0 Å². The molecule has 1 aliphatic carbocycles. The fraction of sp³-hybridized carbons (Fsp3) is 0.562. The van der Waals surface area contributed by atoms with Crippen molar-refractivity contribution in [3.05, 3.63) is 29.3 Å². The number of rotatable bonds is 3. The van der Waals surface area contributed by atoms with Gasteiger partial charge in [0.25, 0.3) is 5.91 Å². The summed E-state index contributed by atoms with van der Waals surface area (Å²) in [5.74, 6) is 0.552. The zero-order valence-electron chi connectivity index (χ0n) is 12.3. The number of benzene rings is 1. The number of hydrogen-bond acceptors (Lipinski definition) is 3. The van der Waals surface area contributed by atoms with Crippen LogP contribution in [0, 0.1) is 12.8 Å². The Balaban J connectivity index is 2.13. The summed E-state index contributed by atoms with van der Waals surface area (Å²) in [4.78, 5) is 12.4. The topological polar surface area (TPSA) is 75.4 Å². The Morgan fingerprint density at radius 1 is 1.45 bits per heavy atom. The quantitative estimate of drug-likeness (QED) is 0.741. The number of aliphatic hydroxyl groups is 1. The second kappa shape index (κ2) is 5.83. The van der Waals surface area contributed by atoms with Crippen LogP contribution < -0.4 is 11.1 Å². The molecule has 0 saturated heterocycles. The fourth-order valence-corrected chi connectivity index (χ4v) is 2.89. The summed E-state index contributed by atoms with van der Waals surface area (Å²) in [6.07, 6.45) is 3.76. The summed E-state index contributed by atoms with van der Waals surface area (Å²) in [5, 5.41) is 12.8. The van der Waals surface area contributed by atoms with E-state index in [1.165, 1.54) is 0 Å². The predicted octanol–water partition coefficient (Wildman–Crippen LogP) is 2.25. The first-order valence-electron chi connectivity index (χ1n) is 7.25. The minimum absolute atomic E-state index is 0.000516.